The predicted octanol–water partition coefficient (Wildman–Crippen LogP) is 2.43. The minimum Gasteiger partial charge on any atom is -0.383 e. The van der Waals surface area contributed by atoms with E-state index in [2.05, 4.69) is 9.98 Å². The number of nitrogens with zero attached hydrogens (tertiary/aromatic N) is 6. The van der Waals surface area contributed by atoms with Crippen molar-refractivity contribution in [2.45, 2.75) is 20.4 Å². The van der Waals surface area contributed by atoms with Crippen LogP contribution in [-0.2, 0) is 11.3 Å². The zero-order valence-corrected chi connectivity index (χ0v) is 19.2. The fraction of sp³-hybridized carbons (Fsp3) is 0.208. The standard InChI is InChI=1S/C24H20N6O5/c1-14-6-7-16(12-19(14)30(33)34)23(31)27-21-17(13-25)11-18-22(28(21)9-10-35-3)26-20-15(2)5-4-8-29(20)24(18)32/h4-8,11-12H,9-10H2,1-3H3. The fourth-order valence-corrected chi connectivity index (χ4v) is 3.78. The first kappa shape index (κ1) is 23.5. The molecule has 0 aliphatic rings. The second-order valence-corrected chi connectivity index (χ2v) is 7.85. The van der Waals surface area contributed by atoms with E-state index in [1.807, 2.05) is 19.1 Å². The van der Waals surface area contributed by atoms with E-state index in [0.29, 0.717) is 11.2 Å². The molecule has 0 atom stereocenters. The van der Waals surface area contributed by atoms with Crippen LogP contribution >= 0.6 is 0 Å². The Hall–Kier alpha value is -4.69. The number of nitriles is 1. The van der Waals surface area contributed by atoms with Crippen LogP contribution in [0.25, 0.3) is 16.7 Å². The number of hydrogen-bond acceptors (Lipinski definition) is 7. The highest BCUT2D eigenvalue weighted by molar-refractivity contribution is 5.96. The number of pyridine rings is 2. The Balaban J connectivity index is 2.06. The monoisotopic (exact) mass is 472 g/mol. The maximum absolute atomic E-state index is 13.2. The van der Waals surface area contributed by atoms with Crippen molar-refractivity contribution in [2.75, 3.05) is 13.7 Å². The highest BCUT2D eigenvalue weighted by Crippen LogP contribution is 2.20. The molecule has 1 amide bonds. The smallest absolute Gasteiger partial charge is 0.279 e. The first-order chi connectivity index (χ1) is 16.8. The van der Waals surface area contributed by atoms with E-state index < -0.39 is 10.8 Å². The molecule has 11 nitrogen and oxygen atoms in total. The Kier molecular flexibility index (Phi) is 6.22. The van der Waals surface area contributed by atoms with Crippen LogP contribution in [0.5, 0.6) is 0 Å². The summed E-state index contributed by atoms with van der Waals surface area (Å²) in [6.45, 7) is 3.72. The average molecular weight is 472 g/mol. The fourth-order valence-electron chi connectivity index (χ4n) is 3.78. The minimum atomic E-state index is -0.774. The molecular weight excluding hydrogens is 452 g/mol. The second-order valence-electron chi connectivity index (χ2n) is 7.85. The molecule has 0 bridgehead atoms. The Morgan fingerprint density at radius 3 is 2.69 bits per heavy atom. The number of rotatable bonds is 5. The Morgan fingerprint density at radius 2 is 2.00 bits per heavy atom. The van der Waals surface area contributed by atoms with Crippen molar-refractivity contribution in [3.05, 3.63) is 90.8 Å². The van der Waals surface area contributed by atoms with Crippen LogP contribution in [0.2, 0.25) is 0 Å². The van der Waals surface area contributed by atoms with E-state index in [0.717, 1.165) is 11.6 Å². The number of ether oxygens (including phenoxy) is 1. The van der Waals surface area contributed by atoms with Crippen molar-refractivity contribution >= 4 is 28.3 Å². The SMILES string of the molecule is COCCn1c(=NC(=O)c2ccc(C)c([N+](=O)[O-])c2)c(C#N)cc2c(=O)n3cccc(C)c3nc21. The third-order valence-electron chi connectivity index (χ3n) is 5.60. The molecule has 0 saturated carbocycles. The molecule has 0 N–H and O–H groups in total. The van der Waals surface area contributed by atoms with E-state index in [1.54, 1.807) is 19.2 Å². The molecule has 0 unspecified atom stereocenters. The van der Waals surface area contributed by atoms with Gasteiger partial charge in [-0.25, -0.2) is 4.98 Å². The number of benzene rings is 1. The maximum Gasteiger partial charge on any atom is 0.279 e. The molecule has 0 saturated heterocycles. The van der Waals surface area contributed by atoms with Gasteiger partial charge < -0.3 is 9.30 Å². The molecule has 3 aromatic heterocycles. The molecule has 0 spiro atoms. The number of nitro benzene ring substituents is 1. The zero-order chi connectivity index (χ0) is 25.3. The number of carbonyl (C=O) groups is 1. The Labute approximate surface area is 198 Å². The van der Waals surface area contributed by atoms with E-state index in [-0.39, 0.29) is 52.0 Å². The van der Waals surface area contributed by atoms with Crippen LogP contribution in [0.15, 0.2) is 52.4 Å². The molecule has 4 rings (SSSR count). The number of methoxy groups -OCH3 is 1. The van der Waals surface area contributed by atoms with Crippen LogP contribution < -0.4 is 11.0 Å². The zero-order valence-electron chi connectivity index (χ0n) is 19.2. The van der Waals surface area contributed by atoms with Gasteiger partial charge in [0.25, 0.3) is 17.2 Å². The van der Waals surface area contributed by atoms with Gasteiger partial charge in [0, 0.05) is 37.0 Å². The lowest BCUT2D eigenvalue weighted by Crippen LogP contribution is -2.30. The lowest BCUT2D eigenvalue weighted by atomic mass is 10.1. The second kappa shape index (κ2) is 9.28. The lowest BCUT2D eigenvalue weighted by Gasteiger charge is -2.13. The molecule has 0 aliphatic heterocycles. The maximum atomic E-state index is 13.2. The summed E-state index contributed by atoms with van der Waals surface area (Å²) in [5.41, 5.74) is 1.19. The van der Waals surface area contributed by atoms with Gasteiger partial charge in [-0.3, -0.25) is 24.1 Å². The number of hydrogen-bond donors (Lipinski definition) is 0. The molecule has 4 aromatic rings. The number of nitro groups is 1. The first-order valence-corrected chi connectivity index (χ1v) is 10.6. The summed E-state index contributed by atoms with van der Waals surface area (Å²) in [5, 5.41) is 21.3. The molecule has 0 radical (unpaired) electrons. The van der Waals surface area contributed by atoms with E-state index in [4.69, 9.17) is 4.74 Å². The quantitative estimate of drug-likeness (QED) is 0.246. The first-order valence-electron chi connectivity index (χ1n) is 10.6. The van der Waals surface area contributed by atoms with Gasteiger partial charge >= 0.3 is 0 Å². The van der Waals surface area contributed by atoms with E-state index >= 15 is 0 Å². The van der Waals surface area contributed by atoms with E-state index in [9.17, 15) is 25.0 Å². The summed E-state index contributed by atoms with van der Waals surface area (Å²) in [4.78, 5) is 45.8. The third kappa shape index (κ3) is 4.18. The van der Waals surface area contributed by atoms with Crippen LogP contribution in [0.4, 0.5) is 5.69 Å². The average Bonchev–Trinajstić information content (AvgIpc) is 2.84. The Morgan fingerprint density at radius 1 is 1.23 bits per heavy atom. The molecule has 1 aromatic carbocycles. The van der Waals surface area contributed by atoms with Gasteiger partial charge in [0.15, 0.2) is 5.49 Å². The molecule has 35 heavy (non-hydrogen) atoms. The van der Waals surface area contributed by atoms with Gasteiger partial charge in [-0.05, 0) is 37.6 Å². The van der Waals surface area contributed by atoms with Crippen LogP contribution in [-0.4, -0.2) is 38.5 Å². The molecule has 11 heteroatoms. The number of amides is 1. The van der Waals surface area contributed by atoms with Crippen molar-refractivity contribution in [2.24, 2.45) is 4.99 Å². The third-order valence-corrected chi connectivity index (χ3v) is 5.60. The van der Waals surface area contributed by atoms with Crippen molar-refractivity contribution in [3.8, 4) is 6.07 Å². The largest absolute Gasteiger partial charge is 0.383 e. The lowest BCUT2D eigenvalue weighted by molar-refractivity contribution is -0.385. The molecular formula is C24H20N6O5. The topological polar surface area (TPSA) is 145 Å². The molecule has 176 valence electrons. The van der Waals surface area contributed by atoms with Gasteiger partial charge in [0.2, 0.25) is 0 Å². The van der Waals surface area contributed by atoms with Gasteiger partial charge in [0.1, 0.15) is 17.4 Å². The summed E-state index contributed by atoms with van der Waals surface area (Å²) in [6.07, 6.45) is 1.59. The Bertz CT molecular complexity index is 1690. The highest BCUT2D eigenvalue weighted by Gasteiger charge is 2.18. The minimum absolute atomic E-state index is 0.00744. The van der Waals surface area contributed by atoms with Gasteiger partial charge in [-0.1, -0.05) is 12.1 Å². The van der Waals surface area contributed by atoms with Crippen LogP contribution in [0.3, 0.4) is 0 Å². The number of carbonyl (C=O) groups excluding carboxylic acids is 1. The van der Waals surface area contributed by atoms with Crippen LogP contribution in [0, 0.1) is 35.3 Å². The summed E-state index contributed by atoms with van der Waals surface area (Å²) in [6, 6.07) is 10.9. The van der Waals surface area contributed by atoms with Crippen molar-refractivity contribution in [1.82, 2.24) is 14.0 Å². The number of fused-ring (bicyclic) bond motifs is 2. The normalized spacial score (nSPS) is 11.7. The highest BCUT2D eigenvalue weighted by atomic mass is 16.6. The summed E-state index contributed by atoms with van der Waals surface area (Å²) >= 11 is 0. The number of aromatic nitrogens is 3. The van der Waals surface area contributed by atoms with Gasteiger partial charge in [-0.15, -0.1) is 0 Å². The van der Waals surface area contributed by atoms with Crippen molar-refractivity contribution < 1.29 is 14.5 Å². The molecule has 0 aliphatic carbocycles. The van der Waals surface area contributed by atoms with E-state index in [1.165, 1.54) is 34.3 Å². The summed E-state index contributed by atoms with van der Waals surface area (Å²) in [7, 11) is 1.49. The molecule has 3 heterocycles. The van der Waals surface area contributed by atoms with Gasteiger partial charge in [-0.2, -0.15) is 10.3 Å². The van der Waals surface area contributed by atoms with Crippen molar-refractivity contribution in [1.29, 1.82) is 5.26 Å². The summed E-state index contributed by atoms with van der Waals surface area (Å²) < 4.78 is 8.08. The number of aryl methyl sites for hydroxylation is 2. The van der Waals surface area contributed by atoms with Gasteiger partial charge in [0.05, 0.1) is 22.5 Å². The van der Waals surface area contributed by atoms with Crippen LogP contribution in [0.1, 0.15) is 27.0 Å². The van der Waals surface area contributed by atoms with Crippen molar-refractivity contribution in [3.63, 3.8) is 0 Å². The predicted molar refractivity (Wildman–Crippen MR) is 126 cm³/mol. The summed E-state index contributed by atoms with van der Waals surface area (Å²) in [5.74, 6) is -0.774. The molecule has 0 fully saturated rings.